The quantitative estimate of drug-likeness (QED) is 0.256. The Labute approximate surface area is 185 Å². The van der Waals surface area contributed by atoms with Gasteiger partial charge in [0.05, 0.1) is 6.61 Å². The SMILES string of the molecule is CCOc1ccc(NC(=S)/C(=C(\[O-])c2ccc(Cl)cc2Cl)[n+]2ccccc2)cc1. The zero-order valence-electron chi connectivity index (χ0n) is 15.6. The molecule has 1 N–H and O–H groups in total. The second-order valence-corrected chi connectivity index (χ2v) is 7.25. The second-order valence-electron chi connectivity index (χ2n) is 6.00. The van der Waals surface area contributed by atoms with Gasteiger partial charge in [0.15, 0.2) is 17.4 Å². The van der Waals surface area contributed by atoms with Crippen molar-refractivity contribution in [1.82, 2.24) is 0 Å². The maximum absolute atomic E-state index is 13.3. The molecule has 0 saturated carbocycles. The van der Waals surface area contributed by atoms with Crippen LogP contribution in [0.1, 0.15) is 12.5 Å². The van der Waals surface area contributed by atoms with E-state index in [2.05, 4.69) is 5.32 Å². The van der Waals surface area contributed by atoms with Gasteiger partial charge in [-0.05, 0) is 54.6 Å². The number of rotatable bonds is 6. The molecule has 0 amide bonds. The first kappa shape index (κ1) is 21.1. The molecule has 0 bridgehead atoms. The number of pyridine rings is 1. The van der Waals surface area contributed by atoms with E-state index in [1.54, 1.807) is 29.1 Å². The van der Waals surface area contributed by atoms with Gasteiger partial charge in [-0.15, -0.1) is 0 Å². The van der Waals surface area contributed by atoms with Crippen LogP contribution < -0.4 is 19.7 Å². The van der Waals surface area contributed by atoms with E-state index in [0.29, 0.717) is 17.2 Å². The Balaban J connectivity index is 2.00. The Morgan fingerprint density at radius 2 is 1.76 bits per heavy atom. The average molecular weight is 445 g/mol. The molecule has 0 spiro atoms. The zero-order valence-corrected chi connectivity index (χ0v) is 17.9. The molecular formula is C22H18Cl2N2O2S. The van der Waals surface area contributed by atoms with Crippen molar-refractivity contribution in [2.75, 3.05) is 11.9 Å². The minimum atomic E-state index is -0.314. The number of hydrogen-bond donors (Lipinski definition) is 1. The number of halogens is 2. The lowest BCUT2D eigenvalue weighted by molar-refractivity contribution is -0.577. The van der Waals surface area contributed by atoms with Crippen molar-refractivity contribution in [3.8, 4) is 5.75 Å². The van der Waals surface area contributed by atoms with Crippen LogP contribution in [0.5, 0.6) is 5.75 Å². The van der Waals surface area contributed by atoms with Gasteiger partial charge < -0.3 is 15.2 Å². The Bertz CT molecular complexity index is 1040. The van der Waals surface area contributed by atoms with Crippen LogP contribution in [-0.4, -0.2) is 11.6 Å². The summed E-state index contributed by atoms with van der Waals surface area (Å²) in [5.74, 6) is 0.445. The number of benzene rings is 2. The molecule has 0 unspecified atom stereocenters. The van der Waals surface area contributed by atoms with Gasteiger partial charge in [0.2, 0.25) is 5.70 Å². The van der Waals surface area contributed by atoms with Crippen molar-refractivity contribution in [3.63, 3.8) is 0 Å². The fourth-order valence-corrected chi connectivity index (χ4v) is 3.49. The summed E-state index contributed by atoms with van der Waals surface area (Å²) in [6.45, 7) is 2.51. The smallest absolute Gasteiger partial charge is 0.238 e. The molecule has 4 nitrogen and oxygen atoms in total. The summed E-state index contributed by atoms with van der Waals surface area (Å²) in [6.07, 6.45) is 3.51. The number of thiocarbonyl (C=S) groups is 1. The summed E-state index contributed by atoms with van der Waals surface area (Å²) in [4.78, 5) is 0.265. The molecule has 0 fully saturated rings. The summed E-state index contributed by atoms with van der Waals surface area (Å²) in [6, 6.07) is 17.6. The molecule has 7 heteroatoms. The minimum absolute atomic E-state index is 0.264. The van der Waals surface area contributed by atoms with Gasteiger partial charge in [-0.1, -0.05) is 47.6 Å². The van der Waals surface area contributed by atoms with E-state index in [1.165, 1.54) is 6.07 Å². The largest absolute Gasteiger partial charge is 0.867 e. The van der Waals surface area contributed by atoms with Gasteiger partial charge >= 0.3 is 0 Å². The standard InChI is InChI=1S/C22H18Cl2N2O2S/c1-2-28-17-9-7-16(8-10-17)25-22(29)20(26-12-4-3-5-13-26)21(27)18-11-6-15(23)14-19(18)24/h3-14H,2H2,1H3,(H-,25,27,29). The van der Waals surface area contributed by atoms with Crippen molar-refractivity contribution < 1.29 is 14.4 Å². The van der Waals surface area contributed by atoms with E-state index in [0.717, 1.165) is 11.4 Å². The lowest BCUT2D eigenvalue weighted by atomic mass is 10.1. The van der Waals surface area contributed by atoms with Gasteiger partial charge in [0, 0.05) is 27.9 Å². The third kappa shape index (κ3) is 5.26. The number of aromatic nitrogens is 1. The highest BCUT2D eigenvalue weighted by atomic mass is 35.5. The molecule has 0 aliphatic rings. The molecular weight excluding hydrogens is 427 g/mol. The number of hydrogen-bond acceptors (Lipinski definition) is 3. The lowest BCUT2D eigenvalue weighted by Gasteiger charge is -2.18. The van der Waals surface area contributed by atoms with E-state index < -0.39 is 0 Å². The fraction of sp³-hybridized carbons (Fsp3) is 0.0909. The maximum atomic E-state index is 13.3. The summed E-state index contributed by atoms with van der Waals surface area (Å²) < 4.78 is 7.12. The normalized spacial score (nSPS) is 11.6. The summed E-state index contributed by atoms with van der Waals surface area (Å²) in [7, 11) is 0. The van der Waals surface area contributed by atoms with Crippen LogP contribution in [0.4, 0.5) is 5.69 Å². The van der Waals surface area contributed by atoms with Gasteiger partial charge in [-0.3, -0.25) is 0 Å². The van der Waals surface area contributed by atoms with E-state index in [9.17, 15) is 5.11 Å². The molecule has 148 valence electrons. The average Bonchev–Trinajstić information content (AvgIpc) is 2.70. The topological polar surface area (TPSA) is 48.2 Å². The monoisotopic (exact) mass is 444 g/mol. The van der Waals surface area contributed by atoms with Crippen LogP contribution in [0.25, 0.3) is 11.5 Å². The third-order valence-corrected chi connectivity index (χ3v) is 4.85. The molecule has 0 atom stereocenters. The van der Waals surface area contributed by atoms with Crippen LogP contribution in [0.15, 0.2) is 73.1 Å². The van der Waals surface area contributed by atoms with Gasteiger partial charge in [0.1, 0.15) is 5.75 Å². The summed E-state index contributed by atoms with van der Waals surface area (Å²) >= 11 is 17.8. The first-order valence-electron chi connectivity index (χ1n) is 8.87. The van der Waals surface area contributed by atoms with Gasteiger partial charge in [0.25, 0.3) is 0 Å². The third-order valence-electron chi connectivity index (χ3n) is 4.00. The molecule has 0 saturated heterocycles. The highest BCUT2D eigenvalue weighted by Gasteiger charge is 2.19. The highest BCUT2D eigenvalue weighted by molar-refractivity contribution is 7.81. The lowest BCUT2D eigenvalue weighted by Crippen LogP contribution is -2.39. The van der Waals surface area contributed by atoms with Gasteiger partial charge in [-0.25, -0.2) is 0 Å². The number of nitrogens with zero attached hydrogens (tertiary/aromatic N) is 1. The van der Waals surface area contributed by atoms with Crippen molar-refractivity contribution in [3.05, 3.63) is 88.7 Å². The molecule has 29 heavy (non-hydrogen) atoms. The molecule has 3 rings (SSSR count). The first-order chi connectivity index (χ1) is 14.0. The molecule has 2 aromatic carbocycles. The summed E-state index contributed by atoms with van der Waals surface area (Å²) in [5, 5.41) is 17.2. The van der Waals surface area contributed by atoms with Crippen molar-refractivity contribution in [2.24, 2.45) is 0 Å². The van der Waals surface area contributed by atoms with E-state index in [1.807, 2.05) is 49.4 Å². The van der Waals surface area contributed by atoms with Crippen LogP contribution in [0.2, 0.25) is 10.0 Å². The van der Waals surface area contributed by atoms with Crippen molar-refractivity contribution in [2.45, 2.75) is 6.92 Å². The van der Waals surface area contributed by atoms with E-state index in [4.69, 9.17) is 40.2 Å². The second kappa shape index (κ2) is 9.74. The molecule has 3 aromatic rings. The Kier molecular flexibility index (Phi) is 7.09. The predicted molar refractivity (Wildman–Crippen MR) is 120 cm³/mol. The van der Waals surface area contributed by atoms with Gasteiger partial charge in [-0.2, -0.15) is 4.57 Å². The number of anilines is 1. The fourth-order valence-electron chi connectivity index (χ4n) is 2.68. The minimum Gasteiger partial charge on any atom is -0.867 e. The first-order valence-corrected chi connectivity index (χ1v) is 10.0. The number of ether oxygens (including phenoxy) is 1. The van der Waals surface area contributed by atoms with E-state index >= 15 is 0 Å². The van der Waals surface area contributed by atoms with Crippen molar-refractivity contribution in [1.29, 1.82) is 0 Å². The molecule has 0 aliphatic heterocycles. The molecule has 0 aliphatic carbocycles. The number of nitrogens with one attached hydrogen (secondary N) is 1. The summed E-state index contributed by atoms with van der Waals surface area (Å²) in [5.41, 5.74) is 1.33. The Hall–Kier alpha value is -2.60. The van der Waals surface area contributed by atoms with Crippen LogP contribution in [0.3, 0.4) is 0 Å². The Morgan fingerprint density at radius 1 is 1.07 bits per heavy atom. The van der Waals surface area contributed by atoms with Crippen molar-refractivity contribution >= 4 is 57.6 Å². The molecule has 1 heterocycles. The highest BCUT2D eigenvalue weighted by Crippen LogP contribution is 2.27. The zero-order chi connectivity index (χ0) is 20.8. The maximum Gasteiger partial charge on any atom is 0.238 e. The van der Waals surface area contributed by atoms with Crippen LogP contribution >= 0.6 is 35.4 Å². The Morgan fingerprint density at radius 3 is 2.38 bits per heavy atom. The molecule has 1 aromatic heterocycles. The van der Waals surface area contributed by atoms with Crippen LogP contribution in [-0.2, 0) is 0 Å². The predicted octanol–water partition coefficient (Wildman–Crippen LogP) is 4.81. The molecule has 0 radical (unpaired) electrons. The van der Waals surface area contributed by atoms with E-state index in [-0.39, 0.29) is 21.5 Å². The van der Waals surface area contributed by atoms with Crippen LogP contribution in [0, 0.1) is 0 Å².